The number of amides is 1. The van der Waals surface area contributed by atoms with Crippen molar-refractivity contribution in [2.75, 3.05) is 20.3 Å². The maximum absolute atomic E-state index is 12.7. The molecule has 272 valence electrons. The Bertz CT molecular complexity index is 1600. The summed E-state index contributed by atoms with van der Waals surface area (Å²) in [6.07, 6.45) is -6.43. The number of esters is 2. The van der Waals surface area contributed by atoms with E-state index in [0.717, 1.165) is 23.0 Å². The zero-order valence-electron chi connectivity index (χ0n) is 29.2. The van der Waals surface area contributed by atoms with Crippen LogP contribution in [0.2, 0.25) is 5.04 Å². The Morgan fingerprint density at radius 3 is 2.06 bits per heavy atom. The van der Waals surface area contributed by atoms with E-state index in [9.17, 15) is 25.0 Å². The molecular weight excluding hydrogens is 676 g/mol. The quantitative estimate of drug-likeness (QED) is 0.0620. The van der Waals surface area contributed by atoms with Gasteiger partial charge < -0.3 is 38.5 Å². The molecule has 14 nitrogen and oxygen atoms in total. The second kappa shape index (κ2) is 17.9. The van der Waals surface area contributed by atoms with Crippen LogP contribution in [0.4, 0.5) is 4.79 Å². The average Bonchev–Trinajstić information content (AvgIpc) is 3.12. The smallest absolute Gasteiger partial charge is 0.408 e. The number of benzene rings is 3. The molecule has 2 N–H and O–H groups in total. The first-order valence-corrected chi connectivity index (χ1v) is 18.3. The van der Waals surface area contributed by atoms with Crippen LogP contribution in [0.25, 0.3) is 10.4 Å². The Hall–Kier alpha value is -4.76. The van der Waals surface area contributed by atoms with Gasteiger partial charge in [0.25, 0.3) is 8.32 Å². The third kappa shape index (κ3) is 9.73. The Kier molecular flexibility index (Phi) is 13.7. The second-order valence-electron chi connectivity index (χ2n) is 12.9. The summed E-state index contributed by atoms with van der Waals surface area (Å²) in [7, 11) is -2.00. The number of rotatable bonds is 14. The monoisotopic (exact) mass is 720 g/mol. The molecule has 0 aliphatic carbocycles. The normalized spacial score (nSPS) is 21.0. The molecule has 0 radical (unpaired) electrons. The van der Waals surface area contributed by atoms with Gasteiger partial charge in [-0.15, -0.1) is 0 Å². The van der Waals surface area contributed by atoms with Crippen LogP contribution in [-0.2, 0) is 44.3 Å². The van der Waals surface area contributed by atoms with Gasteiger partial charge in [0.1, 0.15) is 24.9 Å². The molecule has 3 aromatic carbocycles. The molecule has 1 aliphatic heterocycles. The largest absolute Gasteiger partial charge is 0.467 e. The van der Waals surface area contributed by atoms with E-state index >= 15 is 0 Å². The van der Waals surface area contributed by atoms with Gasteiger partial charge in [0.15, 0.2) is 18.4 Å². The Morgan fingerprint density at radius 2 is 1.55 bits per heavy atom. The number of aliphatic hydroxyl groups is 1. The summed E-state index contributed by atoms with van der Waals surface area (Å²) in [6, 6.07) is 25.8. The minimum Gasteiger partial charge on any atom is -0.467 e. The SMILES string of the molecule is COC(=O)[C@H](CO[C@H]1O[C@H](CO[Si](c2ccccc2)(c2ccccc2)C(C)(C)C)[C@H](OC(C)=O)[C@H](O)[C@H]1N=[N+]=[N-])NC(=O)OCc1ccccc1. The molecule has 0 aromatic heterocycles. The van der Waals surface area contributed by atoms with Crippen molar-refractivity contribution in [1.29, 1.82) is 0 Å². The predicted octanol–water partition coefficient (Wildman–Crippen LogP) is 3.74. The molecule has 0 unspecified atom stereocenters. The van der Waals surface area contributed by atoms with Crippen molar-refractivity contribution in [2.24, 2.45) is 5.11 Å². The molecule has 1 heterocycles. The summed E-state index contributed by atoms with van der Waals surface area (Å²) in [5.74, 6) is -1.56. The van der Waals surface area contributed by atoms with Gasteiger partial charge in [0.2, 0.25) is 0 Å². The van der Waals surface area contributed by atoms with E-state index in [4.69, 9.17) is 28.1 Å². The molecule has 0 saturated carbocycles. The molecule has 1 fully saturated rings. The van der Waals surface area contributed by atoms with Crippen LogP contribution in [0.5, 0.6) is 0 Å². The highest BCUT2D eigenvalue weighted by Crippen LogP contribution is 2.38. The molecule has 15 heteroatoms. The first-order chi connectivity index (χ1) is 24.4. The van der Waals surface area contributed by atoms with E-state index in [2.05, 4.69) is 36.1 Å². The van der Waals surface area contributed by atoms with Crippen LogP contribution in [0.3, 0.4) is 0 Å². The van der Waals surface area contributed by atoms with E-state index < -0.39 is 74.7 Å². The number of ether oxygens (including phenoxy) is 5. The van der Waals surface area contributed by atoms with Gasteiger partial charge in [-0.2, -0.15) is 0 Å². The highest BCUT2D eigenvalue weighted by atomic mass is 28.4. The van der Waals surface area contributed by atoms with Gasteiger partial charge in [-0.25, -0.2) is 9.59 Å². The average molecular weight is 721 g/mol. The van der Waals surface area contributed by atoms with Crippen LogP contribution >= 0.6 is 0 Å². The fourth-order valence-corrected chi connectivity index (χ4v) is 10.6. The zero-order chi connectivity index (χ0) is 37.0. The zero-order valence-corrected chi connectivity index (χ0v) is 30.2. The molecule has 3 aromatic rings. The van der Waals surface area contributed by atoms with Crippen molar-refractivity contribution < 1.29 is 47.6 Å². The Balaban J connectivity index is 1.61. The van der Waals surface area contributed by atoms with Crippen molar-refractivity contribution in [2.45, 2.75) is 76.0 Å². The van der Waals surface area contributed by atoms with Gasteiger partial charge >= 0.3 is 18.0 Å². The maximum atomic E-state index is 12.7. The molecular formula is C36H44N4O10Si. The fourth-order valence-electron chi connectivity index (χ4n) is 6.07. The van der Waals surface area contributed by atoms with Crippen molar-refractivity contribution in [3.63, 3.8) is 0 Å². The van der Waals surface area contributed by atoms with Crippen LogP contribution in [0, 0.1) is 0 Å². The van der Waals surface area contributed by atoms with E-state index in [1.165, 1.54) is 6.92 Å². The second-order valence-corrected chi connectivity index (χ2v) is 17.2. The highest BCUT2D eigenvalue weighted by Gasteiger charge is 2.53. The standard InChI is InChI=1S/C36H44N4O10Si/c1-24(41)49-32-29(23-48-51(36(2,3)4,26-17-11-7-12-18-26)27-19-13-8-14-20-27)50-34(30(31(32)42)39-40-37)46-22-28(33(43)45-5)38-35(44)47-21-25-15-9-6-10-16-25/h6-20,28-32,34,42H,21-23H2,1-5H3,(H,38,44)/t28-,29+,30+,31+,32-,34-/m0/s1. The minimum absolute atomic E-state index is 0.0527. The van der Waals surface area contributed by atoms with Crippen LogP contribution in [-0.4, -0.2) is 88.5 Å². The third-order valence-electron chi connectivity index (χ3n) is 8.43. The number of carbonyl (C=O) groups excluding carboxylic acids is 3. The number of aliphatic hydroxyl groups excluding tert-OH is 1. The minimum atomic E-state index is -3.13. The topological polar surface area (TPSA) is 188 Å². The van der Waals surface area contributed by atoms with Crippen molar-refractivity contribution in [3.8, 4) is 0 Å². The van der Waals surface area contributed by atoms with Gasteiger partial charge in [0.05, 0.1) is 20.3 Å². The van der Waals surface area contributed by atoms with E-state index in [-0.39, 0.29) is 13.2 Å². The summed E-state index contributed by atoms with van der Waals surface area (Å²) in [5, 5.41) is 19.1. The molecule has 0 spiro atoms. The van der Waals surface area contributed by atoms with Gasteiger partial charge in [0, 0.05) is 11.8 Å². The van der Waals surface area contributed by atoms with Crippen molar-refractivity contribution in [3.05, 3.63) is 107 Å². The molecule has 1 saturated heterocycles. The molecule has 4 rings (SSSR count). The Labute approximate surface area is 297 Å². The molecule has 1 amide bonds. The number of hydrogen-bond donors (Lipinski definition) is 2. The van der Waals surface area contributed by atoms with E-state index in [1.54, 1.807) is 24.3 Å². The lowest BCUT2D eigenvalue weighted by atomic mass is 9.97. The molecule has 51 heavy (non-hydrogen) atoms. The van der Waals surface area contributed by atoms with Crippen LogP contribution < -0.4 is 15.7 Å². The number of methoxy groups -OCH3 is 1. The van der Waals surface area contributed by atoms with Crippen LogP contribution in [0.15, 0.2) is 96.1 Å². The lowest BCUT2D eigenvalue weighted by molar-refractivity contribution is -0.269. The highest BCUT2D eigenvalue weighted by molar-refractivity contribution is 6.99. The van der Waals surface area contributed by atoms with E-state index in [0.29, 0.717) is 0 Å². The van der Waals surface area contributed by atoms with Gasteiger partial charge in [-0.1, -0.05) is 117 Å². The van der Waals surface area contributed by atoms with E-state index in [1.807, 2.05) is 66.7 Å². The fraction of sp³-hybridized carbons (Fsp3) is 0.417. The first-order valence-electron chi connectivity index (χ1n) is 16.4. The molecule has 6 atom stereocenters. The van der Waals surface area contributed by atoms with Crippen molar-refractivity contribution >= 4 is 36.7 Å². The number of carbonyl (C=O) groups is 3. The third-order valence-corrected chi connectivity index (χ3v) is 13.4. The lowest BCUT2D eigenvalue weighted by Crippen LogP contribution is -2.68. The van der Waals surface area contributed by atoms with Gasteiger partial charge in [-0.05, 0) is 26.5 Å². The number of nitrogens with zero attached hydrogens (tertiary/aromatic N) is 3. The summed E-state index contributed by atoms with van der Waals surface area (Å²) in [4.78, 5) is 40.4. The number of hydrogen-bond acceptors (Lipinski definition) is 11. The number of azide groups is 1. The summed E-state index contributed by atoms with van der Waals surface area (Å²) >= 11 is 0. The number of nitrogens with one attached hydrogen (secondary N) is 1. The summed E-state index contributed by atoms with van der Waals surface area (Å²) in [5.41, 5.74) is 10.1. The first kappa shape index (κ1) is 39.0. The lowest BCUT2D eigenvalue weighted by Gasteiger charge is -2.46. The van der Waals surface area contributed by atoms with Crippen molar-refractivity contribution in [1.82, 2.24) is 5.32 Å². The summed E-state index contributed by atoms with van der Waals surface area (Å²) < 4.78 is 34.8. The molecule has 1 aliphatic rings. The summed E-state index contributed by atoms with van der Waals surface area (Å²) in [6.45, 7) is 6.71. The predicted molar refractivity (Wildman–Crippen MR) is 188 cm³/mol. The Morgan fingerprint density at radius 1 is 0.980 bits per heavy atom. The maximum Gasteiger partial charge on any atom is 0.408 e. The van der Waals surface area contributed by atoms with Crippen LogP contribution in [0.1, 0.15) is 33.3 Å². The van der Waals surface area contributed by atoms with Gasteiger partial charge in [-0.3, -0.25) is 4.79 Å². The molecule has 0 bridgehead atoms. The number of alkyl carbamates (subject to hydrolysis) is 1.